The molecule has 1 heterocycles. The summed E-state index contributed by atoms with van der Waals surface area (Å²) in [5, 5.41) is 0. The Hall–Kier alpha value is -2.71. The first-order valence-electron chi connectivity index (χ1n) is 9.26. The molecule has 0 amide bonds. The third-order valence-electron chi connectivity index (χ3n) is 5.32. The smallest absolute Gasteiger partial charge is 0.314 e. The van der Waals surface area contributed by atoms with Gasteiger partial charge in [0.1, 0.15) is 0 Å². The summed E-state index contributed by atoms with van der Waals surface area (Å²) in [6.45, 7) is 0. The van der Waals surface area contributed by atoms with Gasteiger partial charge in [0, 0.05) is 6.04 Å². The third-order valence-corrected chi connectivity index (χ3v) is 6.84. The number of benzene rings is 2. The van der Waals surface area contributed by atoms with Gasteiger partial charge in [-0.2, -0.15) is 0 Å². The number of fused-ring (bicyclic) bond motifs is 1. The molecule has 2 aromatic carbocycles. The SMILES string of the molecule is O=c1[nH]c2ccc(S(=O)(=O)NC3CCC(c4ccccc4)CC3)cc2[nH]c1=O. The molecule has 28 heavy (non-hydrogen) atoms. The summed E-state index contributed by atoms with van der Waals surface area (Å²) < 4.78 is 28.3. The van der Waals surface area contributed by atoms with Gasteiger partial charge < -0.3 is 9.97 Å². The summed E-state index contributed by atoms with van der Waals surface area (Å²) in [5.41, 5.74) is 0.383. The van der Waals surface area contributed by atoms with Crippen LogP contribution in [0.5, 0.6) is 0 Å². The maximum Gasteiger partial charge on any atom is 0.314 e. The van der Waals surface area contributed by atoms with Crippen LogP contribution < -0.4 is 15.8 Å². The van der Waals surface area contributed by atoms with E-state index in [0.717, 1.165) is 25.7 Å². The minimum Gasteiger partial charge on any atom is -0.316 e. The zero-order chi connectivity index (χ0) is 19.7. The van der Waals surface area contributed by atoms with E-state index in [1.54, 1.807) is 0 Å². The van der Waals surface area contributed by atoms with Crippen molar-refractivity contribution < 1.29 is 8.42 Å². The first-order chi connectivity index (χ1) is 13.4. The lowest BCUT2D eigenvalue weighted by atomic mass is 9.82. The number of H-pyrrole nitrogens is 2. The fourth-order valence-corrected chi connectivity index (χ4v) is 5.15. The second-order valence-corrected chi connectivity index (χ2v) is 8.91. The van der Waals surface area contributed by atoms with Crippen molar-refractivity contribution in [2.75, 3.05) is 0 Å². The maximum absolute atomic E-state index is 12.8. The average Bonchev–Trinajstić information content (AvgIpc) is 2.69. The van der Waals surface area contributed by atoms with E-state index in [-0.39, 0.29) is 16.5 Å². The van der Waals surface area contributed by atoms with Gasteiger partial charge in [0.25, 0.3) is 0 Å². The molecular formula is C20H21N3O4S. The second-order valence-electron chi connectivity index (χ2n) is 7.20. The first kappa shape index (κ1) is 18.6. The Morgan fingerprint density at radius 3 is 2.14 bits per heavy atom. The maximum atomic E-state index is 12.8. The van der Waals surface area contributed by atoms with Gasteiger partial charge >= 0.3 is 11.1 Å². The Morgan fingerprint density at radius 2 is 1.46 bits per heavy atom. The van der Waals surface area contributed by atoms with Crippen molar-refractivity contribution in [2.24, 2.45) is 0 Å². The van der Waals surface area contributed by atoms with Gasteiger partial charge in [0.05, 0.1) is 15.9 Å². The molecule has 0 radical (unpaired) electrons. The molecule has 0 unspecified atom stereocenters. The monoisotopic (exact) mass is 399 g/mol. The number of aromatic amines is 2. The Balaban J connectivity index is 1.49. The highest BCUT2D eigenvalue weighted by atomic mass is 32.2. The number of nitrogens with one attached hydrogen (secondary N) is 3. The summed E-state index contributed by atoms with van der Waals surface area (Å²) >= 11 is 0. The van der Waals surface area contributed by atoms with Crippen LogP contribution in [0.2, 0.25) is 0 Å². The van der Waals surface area contributed by atoms with E-state index in [9.17, 15) is 18.0 Å². The van der Waals surface area contributed by atoms with Gasteiger partial charge in [-0.25, -0.2) is 13.1 Å². The van der Waals surface area contributed by atoms with Crippen LogP contribution in [0.15, 0.2) is 63.0 Å². The third kappa shape index (κ3) is 3.79. The van der Waals surface area contributed by atoms with Gasteiger partial charge in [-0.05, 0) is 55.4 Å². The Morgan fingerprint density at radius 1 is 0.821 bits per heavy atom. The number of aromatic nitrogens is 2. The predicted octanol–water partition coefficient (Wildman–Crippen LogP) is 2.22. The minimum atomic E-state index is -3.72. The normalized spacial score (nSPS) is 20.3. The molecule has 1 aromatic heterocycles. The molecule has 0 saturated heterocycles. The molecule has 0 bridgehead atoms. The number of rotatable bonds is 4. The molecule has 7 nitrogen and oxygen atoms in total. The predicted molar refractivity (Wildman–Crippen MR) is 107 cm³/mol. The zero-order valence-electron chi connectivity index (χ0n) is 15.1. The van der Waals surface area contributed by atoms with Crippen molar-refractivity contribution >= 4 is 21.1 Å². The molecule has 1 saturated carbocycles. The fraction of sp³-hybridized carbons (Fsp3) is 0.300. The Bertz CT molecular complexity index is 1210. The van der Waals surface area contributed by atoms with Crippen LogP contribution in [0.1, 0.15) is 37.2 Å². The molecule has 0 spiro atoms. The van der Waals surface area contributed by atoms with Gasteiger partial charge in [-0.3, -0.25) is 9.59 Å². The molecule has 0 aliphatic heterocycles. The average molecular weight is 399 g/mol. The van der Waals surface area contributed by atoms with Gasteiger partial charge in [-0.15, -0.1) is 0 Å². The molecule has 1 aliphatic carbocycles. The van der Waals surface area contributed by atoms with Crippen LogP contribution in [0.4, 0.5) is 0 Å². The van der Waals surface area contributed by atoms with E-state index in [0.29, 0.717) is 11.4 Å². The van der Waals surface area contributed by atoms with E-state index >= 15 is 0 Å². The van der Waals surface area contributed by atoms with Crippen molar-refractivity contribution in [3.63, 3.8) is 0 Å². The molecule has 0 atom stereocenters. The second kappa shape index (κ2) is 7.37. The lowest BCUT2D eigenvalue weighted by molar-refractivity contribution is 0.374. The van der Waals surface area contributed by atoms with Crippen molar-refractivity contribution in [2.45, 2.75) is 42.5 Å². The Kier molecular flexibility index (Phi) is 4.91. The summed E-state index contributed by atoms with van der Waals surface area (Å²) in [7, 11) is -3.72. The summed E-state index contributed by atoms with van der Waals surface area (Å²) in [6.07, 6.45) is 3.42. The van der Waals surface area contributed by atoms with Crippen LogP contribution in [-0.2, 0) is 10.0 Å². The lowest BCUT2D eigenvalue weighted by Gasteiger charge is -2.29. The molecule has 3 N–H and O–H groups in total. The van der Waals surface area contributed by atoms with E-state index in [1.807, 2.05) is 18.2 Å². The topological polar surface area (TPSA) is 112 Å². The van der Waals surface area contributed by atoms with Crippen LogP contribution in [0, 0.1) is 0 Å². The first-order valence-corrected chi connectivity index (χ1v) is 10.7. The molecule has 1 fully saturated rings. The highest BCUT2D eigenvalue weighted by Gasteiger charge is 2.26. The standard InChI is InChI=1S/C20H21N3O4S/c24-19-20(25)22-18-12-16(10-11-17(18)21-19)28(26,27)23-15-8-6-14(7-9-15)13-4-2-1-3-5-13/h1-5,10-12,14-15,23H,6-9H2,(H,21,24)(H,22,25). The highest BCUT2D eigenvalue weighted by Crippen LogP contribution is 2.33. The van der Waals surface area contributed by atoms with E-state index < -0.39 is 21.1 Å². The van der Waals surface area contributed by atoms with Crippen molar-refractivity contribution in [3.05, 3.63) is 74.8 Å². The quantitative estimate of drug-likeness (QED) is 0.584. The molecule has 3 aromatic rings. The van der Waals surface area contributed by atoms with E-state index in [4.69, 9.17) is 0 Å². The van der Waals surface area contributed by atoms with Crippen LogP contribution in [0.3, 0.4) is 0 Å². The summed E-state index contributed by atoms with van der Waals surface area (Å²) in [4.78, 5) is 27.8. The van der Waals surface area contributed by atoms with Crippen molar-refractivity contribution in [1.82, 2.24) is 14.7 Å². The number of hydrogen-bond acceptors (Lipinski definition) is 4. The van der Waals surface area contributed by atoms with Crippen LogP contribution >= 0.6 is 0 Å². The number of hydrogen-bond donors (Lipinski definition) is 3. The van der Waals surface area contributed by atoms with Crippen molar-refractivity contribution in [3.8, 4) is 0 Å². The molecular weight excluding hydrogens is 378 g/mol. The zero-order valence-corrected chi connectivity index (χ0v) is 16.0. The van der Waals surface area contributed by atoms with Crippen LogP contribution in [0.25, 0.3) is 11.0 Å². The van der Waals surface area contributed by atoms with Gasteiger partial charge in [0.15, 0.2) is 0 Å². The minimum absolute atomic E-state index is 0.0629. The van der Waals surface area contributed by atoms with Gasteiger partial charge in [0.2, 0.25) is 10.0 Å². The van der Waals surface area contributed by atoms with Crippen molar-refractivity contribution in [1.29, 1.82) is 0 Å². The van der Waals surface area contributed by atoms with Gasteiger partial charge in [-0.1, -0.05) is 30.3 Å². The fourth-order valence-electron chi connectivity index (χ4n) is 3.82. The largest absolute Gasteiger partial charge is 0.316 e. The van der Waals surface area contributed by atoms with E-state index in [2.05, 4.69) is 26.8 Å². The molecule has 8 heteroatoms. The summed E-state index contributed by atoms with van der Waals surface area (Å²) in [5.74, 6) is 0.463. The van der Waals surface area contributed by atoms with E-state index in [1.165, 1.54) is 23.8 Å². The lowest BCUT2D eigenvalue weighted by Crippen LogP contribution is -2.37. The molecule has 146 valence electrons. The highest BCUT2D eigenvalue weighted by molar-refractivity contribution is 7.89. The summed E-state index contributed by atoms with van der Waals surface area (Å²) in [6, 6.07) is 14.4. The van der Waals surface area contributed by atoms with Crippen LogP contribution in [-0.4, -0.2) is 24.4 Å². The molecule has 4 rings (SSSR count). The Labute approximate surface area is 161 Å². The molecule has 1 aliphatic rings. The number of sulfonamides is 1.